The summed E-state index contributed by atoms with van der Waals surface area (Å²) in [5.41, 5.74) is 4.12. The summed E-state index contributed by atoms with van der Waals surface area (Å²) in [5, 5.41) is 9.26. The molecule has 1 aliphatic heterocycles. The molecule has 0 saturated carbocycles. The van der Waals surface area contributed by atoms with Crippen molar-refractivity contribution in [2.75, 3.05) is 13.1 Å². The van der Waals surface area contributed by atoms with Gasteiger partial charge in [-0.2, -0.15) is 5.10 Å². The first kappa shape index (κ1) is 25.9. The minimum Gasteiger partial charge on any atom is -0.341 e. The number of piperidine rings is 1. The number of amides is 1. The van der Waals surface area contributed by atoms with Gasteiger partial charge in [-0.1, -0.05) is 24.3 Å². The number of fused-ring (bicyclic) bond motifs is 1. The Balaban J connectivity index is 1.08. The van der Waals surface area contributed by atoms with Gasteiger partial charge in [0.25, 0.3) is 5.56 Å². The van der Waals surface area contributed by atoms with Gasteiger partial charge in [0.2, 0.25) is 5.91 Å². The van der Waals surface area contributed by atoms with E-state index in [1.165, 1.54) is 34.5 Å². The predicted molar refractivity (Wildman–Crippen MR) is 153 cm³/mol. The molecule has 1 atom stereocenters. The van der Waals surface area contributed by atoms with E-state index in [1.54, 1.807) is 46.0 Å². The number of hydrogen-bond donors (Lipinski definition) is 0. The predicted octanol–water partition coefficient (Wildman–Crippen LogP) is 4.82. The number of hydrogen-bond acceptors (Lipinski definition) is 5. The summed E-state index contributed by atoms with van der Waals surface area (Å²) in [6.07, 6.45) is 9.54. The van der Waals surface area contributed by atoms with Crippen LogP contribution in [0.25, 0.3) is 28.3 Å². The Morgan fingerprint density at radius 3 is 2.29 bits per heavy atom. The molecule has 4 aromatic rings. The van der Waals surface area contributed by atoms with Crippen molar-refractivity contribution in [3.63, 3.8) is 0 Å². The summed E-state index contributed by atoms with van der Waals surface area (Å²) >= 11 is 0. The fourth-order valence-electron chi connectivity index (χ4n) is 5.58. The lowest BCUT2D eigenvalue weighted by atomic mass is 10.0. The van der Waals surface area contributed by atoms with Crippen molar-refractivity contribution in [1.82, 2.24) is 29.4 Å². The fraction of sp³-hybridized carbons (Fsp3) is 0.219. The summed E-state index contributed by atoms with van der Waals surface area (Å²) in [4.78, 5) is 32.5. The molecule has 3 aliphatic rings. The third-order valence-corrected chi connectivity index (χ3v) is 7.93. The molecule has 0 radical (unpaired) electrons. The maximum atomic E-state index is 13.6. The van der Waals surface area contributed by atoms with Crippen LogP contribution >= 0.6 is 0 Å². The number of rotatable bonds is 6. The van der Waals surface area contributed by atoms with Crippen LogP contribution in [0.4, 0.5) is 8.78 Å². The van der Waals surface area contributed by atoms with E-state index in [9.17, 15) is 18.4 Å². The van der Waals surface area contributed by atoms with Crippen molar-refractivity contribution in [2.45, 2.75) is 25.4 Å². The Kier molecular flexibility index (Phi) is 6.45. The average Bonchev–Trinajstić information content (AvgIpc) is 3.70. The lowest BCUT2D eigenvalue weighted by molar-refractivity contribution is -0.133. The quantitative estimate of drug-likeness (QED) is 0.335. The highest BCUT2D eigenvalue weighted by molar-refractivity contribution is 5.86. The third kappa shape index (κ3) is 5.00. The fourth-order valence-corrected chi connectivity index (χ4v) is 5.58. The lowest BCUT2D eigenvalue weighted by Gasteiger charge is -2.32. The second-order valence-electron chi connectivity index (χ2n) is 10.7. The monoisotopic (exact) mass is 564 g/mol. The molecule has 0 bridgehead atoms. The molecule has 2 aromatic carbocycles. The van der Waals surface area contributed by atoms with Crippen LogP contribution in [0.3, 0.4) is 0 Å². The Morgan fingerprint density at radius 2 is 1.57 bits per heavy atom. The number of carbonyl (C=O) groups excluding carboxylic acids is 1. The SMILES string of the molecule is O=C(Cn1nc(-c2ccc(F)cc2)nc1-c1ccc(F)cc1)N1CCC(n2nc(C3=CC=CC4C=C34)ccc2=O)CC1. The van der Waals surface area contributed by atoms with Crippen LogP contribution in [0.1, 0.15) is 24.6 Å². The topological polar surface area (TPSA) is 85.9 Å². The van der Waals surface area contributed by atoms with E-state index in [4.69, 9.17) is 5.10 Å². The molecule has 210 valence electrons. The van der Waals surface area contributed by atoms with E-state index in [2.05, 4.69) is 22.2 Å². The van der Waals surface area contributed by atoms with E-state index in [0.29, 0.717) is 54.6 Å². The molecule has 0 spiro atoms. The van der Waals surface area contributed by atoms with Gasteiger partial charge in [-0.25, -0.2) is 23.1 Å². The van der Waals surface area contributed by atoms with E-state index in [-0.39, 0.29) is 35.7 Å². The molecular weight excluding hydrogens is 538 g/mol. The zero-order valence-electron chi connectivity index (χ0n) is 22.5. The highest BCUT2D eigenvalue weighted by atomic mass is 19.1. The van der Waals surface area contributed by atoms with Crippen LogP contribution in [0.15, 0.2) is 95.3 Å². The van der Waals surface area contributed by atoms with Gasteiger partial charge in [0.05, 0.1) is 11.7 Å². The summed E-state index contributed by atoms with van der Waals surface area (Å²) in [7, 11) is 0. The van der Waals surface area contributed by atoms with Crippen molar-refractivity contribution in [3.05, 3.63) is 118 Å². The maximum Gasteiger partial charge on any atom is 0.267 e. The Bertz CT molecular complexity index is 1830. The van der Waals surface area contributed by atoms with Crippen molar-refractivity contribution < 1.29 is 13.6 Å². The first-order valence-electron chi connectivity index (χ1n) is 13.9. The molecule has 1 unspecified atom stereocenters. The second kappa shape index (κ2) is 10.4. The van der Waals surface area contributed by atoms with Gasteiger partial charge in [-0.3, -0.25) is 9.59 Å². The van der Waals surface area contributed by atoms with Crippen molar-refractivity contribution in [1.29, 1.82) is 0 Å². The summed E-state index contributed by atoms with van der Waals surface area (Å²) in [5.74, 6) is 0.210. The van der Waals surface area contributed by atoms with Crippen LogP contribution in [0.2, 0.25) is 0 Å². The molecule has 2 aromatic heterocycles. The van der Waals surface area contributed by atoms with E-state index in [0.717, 1.165) is 11.3 Å². The largest absolute Gasteiger partial charge is 0.341 e. The molecule has 1 fully saturated rings. The number of benzene rings is 2. The number of carbonyl (C=O) groups is 1. The molecule has 42 heavy (non-hydrogen) atoms. The number of halogens is 2. The van der Waals surface area contributed by atoms with Crippen LogP contribution in [0, 0.1) is 17.6 Å². The van der Waals surface area contributed by atoms with Crippen LogP contribution in [-0.4, -0.2) is 48.4 Å². The van der Waals surface area contributed by atoms with Crippen LogP contribution < -0.4 is 5.56 Å². The van der Waals surface area contributed by atoms with Gasteiger partial charge >= 0.3 is 0 Å². The molecule has 1 amide bonds. The smallest absolute Gasteiger partial charge is 0.267 e. The van der Waals surface area contributed by atoms with Gasteiger partial charge in [-0.15, -0.1) is 5.10 Å². The van der Waals surface area contributed by atoms with Crippen LogP contribution in [0.5, 0.6) is 0 Å². The Hall–Kier alpha value is -4.99. The second-order valence-corrected chi connectivity index (χ2v) is 10.7. The normalized spacial score (nSPS) is 18.0. The molecule has 10 heteroatoms. The Labute approximate surface area is 239 Å². The average molecular weight is 565 g/mol. The van der Waals surface area contributed by atoms with Crippen molar-refractivity contribution >= 4 is 11.5 Å². The standard InChI is InChI=1S/C32H26F2N6O2/c33-23-8-4-20(5-9-23)31-35-32(21-6-10-24(34)11-7-21)39(37-31)19-30(42)38-16-14-25(15-17-38)40-29(41)13-12-28(36-40)26-3-1-2-22-18-27(22)26/h1-13,18,22,25H,14-17,19H2. The minimum atomic E-state index is -0.386. The molecule has 3 heterocycles. The Morgan fingerprint density at radius 1 is 0.881 bits per heavy atom. The zero-order valence-corrected chi connectivity index (χ0v) is 22.5. The van der Waals surface area contributed by atoms with Crippen molar-refractivity contribution in [2.24, 2.45) is 5.92 Å². The summed E-state index contributed by atoms with van der Waals surface area (Å²) in [6.45, 7) is 0.856. The van der Waals surface area contributed by atoms with Gasteiger partial charge in [0.15, 0.2) is 11.6 Å². The highest BCUT2D eigenvalue weighted by Crippen LogP contribution is 2.43. The highest BCUT2D eigenvalue weighted by Gasteiger charge is 2.30. The molecule has 1 saturated heterocycles. The van der Waals surface area contributed by atoms with Crippen molar-refractivity contribution in [3.8, 4) is 22.8 Å². The maximum absolute atomic E-state index is 13.6. The van der Waals surface area contributed by atoms with E-state index < -0.39 is 0 Å². The van der Waals surface area contributed by atoms with Gasteiger partial charge in [0.1, 0.15) is 18.2 Å². The lowest BCUT2D eigenvalue weighted by Crippen LogP contribution is -2.42. The first-order chi connectivity index (χ1) is 20.4. The zero-order chi connectivity index (χ0) is 28.8. The molecular formula is C32H26F2N6O2. The molecule has 8 nitrogen and oxygen atoms in total. The number of aromatic nitrogens is 5. The van der Waals surface area contributed by atoms with Gasteiger partial charge in [0, 0.05) is 41.8 Å². The van der Waals surface area contributed by atoms with E-state index in [1.807, 2.05) is 12.2 Å². The molecule has 0 N–H and O–H groups in total. The molecule has 7 rings (SSSR count). The van der Waals surface area contributed by atoms with Gasteiger partial charge in [-0.05, 0) is 73.0 Å². The number of nitrogens with zero attached hydrogens (tertiary/aromatic N) is 6. The minimum absolute atomic E-state index is 0.0722. The molecule has 2 aliphatic carbocycles. The van der Waals surface area contributed by atoms with E-state index >= 15 is 0 Å². The number of allylic oxidation sites excluding steroid dienone is 6. The third-order valence-electron chi connectivity index (χ3n) is 7.93. The van der Waals surface area contributed by atoms with Crippen LogP contribution in [-0.2, 0) is 11.3 Å². The number of likely N-dealkylation sites (tertiary alicyclic amines) is 1. The summed E-state index contributed by atoms with van der Waals surface area (Å²) < 4.78 is 30.2. The summed E-state index contributed by atoms with van der Waals surface area (Å²) in [6, 6.07) is 14.8. The van der Waals surface area contributed by atoms with Gasteiger partial charge < -0.3 is 4.90 Å². The first-order valence-corrected chi connectivity index (χ1v) is 13.9.